The fraction of sp³-hybridized carbons (Fsp3) is 0.381. The number of carbonyl (C=O) groups excluding carboxylic acids is 1. The predicted octanol–water partition coefficient (Wildman–Crippen LogP) is 4.13. The summed E-state index contributed by atoms with van der Waals surface area (Å²) < 4.78 is 34.8. The molecule has 1 aliphatic carbocycles. The Kier molecular flexibility index (Phi) is 5.78. The first-order valence-electron chi connectivity index (χ1n) is 9.91. The van der Waals surface area contributed by atoms with Gasteiger partial charge in [0.15, 0.2) is 6.73 Å². The molecular weight excluding hydrogens is 392 g/mol. The molecule has 2 aromatic heterocycles. The smallest absolute Gasteiger partial charge is 0.280 e. The quantitative estimate of drug-likeness (QED) is 0.570. The van der Waals surface area contributed by atoms with Crippen LogP contribution in [-0.4, -0.2) is 25.5 Å². The van der Waals surface area contributed by atoms with E-state index in [-0.39, 0.29) is 24.9 Å². The Bertz CT molecular complexity index is 1010. The second-order valence-corrected chi connectivity index (χ2v) is 7.31. The van der Waals surface area contributed by atoms with E-state index in [1.807, 2.05) is 24.3 Å². The van der Waals surface area contributed by atoms with Crippen molar-refractivity contribution in [3.8, 4) is 5.75 Å². The molecule has 9 heteroatoms. The minimum atomic E-state index is -2.68. The molecular formula is C21H23F2N5O2. The van der Waals surface area contributed by atoms with Gasteiger partial charge in [-0.2, -0.15) is 10.2 Å². The van der Waals surface area contributed by atoms with E-state index in [1.165, 1.54) is 22.5 Å². The molecule has 0 bridgehead atoms. The van der Waals surface area contributed by atoms with Crippen molar-refractivity contribution >= 4 is 11.6 Å². The number of aromatic nitrogens is 4. The summed E-state index contributed by atoms with van der Waals surface area (Å²) in [6, 6.07) is 9.19. The zero-order valence-corrected chi connectivity index (χ0v) is 16.6. The van der Waals surface area contributed by atoms with Gasteiger partial charge in [-0.05, 0) is 43.0 Å². The van der Waals surface area contributed by atoms with Crippen molar-refractivity contribution < 1.29 is 18.3 Å². The van der Waals surface area contributed by atoms with Crippen molar-refractivity contribution in [2.45, 2.75) is 51.8 Å². The lowest BCUT2D eigenvalue weighted by atomic mass is 10.2. The second-order valence-electron chi connectivity index (χ2n) is 7.31. The summed E-state index contributed by atoms with van der Waals surface area (Å²) in [5.41, 5.74) is 2.08. The monoisotopic (exact) mass is 415 g/mol. The van der Waals surface area contributed by atoms with E-state index in [9.17, 15) is 13.6 Å². The van der Waals surface area contributed by atoms with Crippen LogP contribution in [0.25, 0.3) is 0 Å². The summed E-state index contributed by atoms with van der Waals surface area (Å²) in [5.74, 6) is 0.513. The minimum Gasteiger partial charge on any atom is -0.471 e. The Balaban J connectivity index is 1.32. The molecule has 1 N–H and O–H groups in total. The number of benzene rings is 1. The molecule has 0 atom stereocenters. The normalized spacial score (nSPS) is 13.6. The van der Waals surface area contributed by atoms with E-state index in [4.69, 9.17) is 4.74 Å². The van der Waals surface area contributed by atoms with Crippen LogP contribution in [0.3, 0.4) is 0 Å². The molecule has 30 heavy (non-hydrogen) atoms. The summed E-state index contributed by atoms with van der Waals surface area (Å²) in [6.07, 6.45) is 3.29. The fourth-order valence-electron chi connectivity index (χ4n) is 3.13. The van der Waals surface area contributed by atoms with Crippen LogP contribution in [0.4, 0.5) is 14.5 Å². The SMILES string of the molecule is CCc1ccc(OCn2cc(NC(=O)Cn3nc(C4CC4)cc3C(F)F)cn2)cc1. The van der Waals surface area contributed by atoms with E-state index in [0.29, 0.717) is 11.4 Å². The van der Waals surface area contributed by atoms with E-state index in [2.05, 4.69) is 22.4 Å². The highest BCUT2D eigenvalue weighted by atomic mass is 19.3. The first kappa shape index (κ1) is 20.1. The minimum absolute atomic E-state index is 0.181. The molecule has 0 unspecified atom stereocenters. The van der Waals surface area contributed by atoms with Gasteiger partial charge in [-0.1, -0.05) is 19.1 Å². The van der Waals surface area contributed by atoms with Crippen molar-refractivity contribution in [2.75, 3.05) is 5.32 Å². The molecule has 2 heterocycles. The number of halogens is 2. The topological polar surface area (TPSA) is 74.0 Å². The number of amides is 1. The number of nitrogens with one attached hydrogen (secondary N) is 1. The predicted molar refractivity (Wildman–Crippen MR) is 106 cm³/mol. The average Bonchev–Trinajstić information content (AvgIpc) is 3.35. The zero-order chi connectivity index (χ0) is 21.1. The largest absolute Gasteiger partial charge is 0.471 e. The van der Waals surface area contributed by atoms with E-state index >= 15 is 0 Å². The van der Waals surface area contributed by atoms with E-state index in [0.717, 1.165) is 29.7 Å². The summed E-state index contributed by atoms with van der Waals surface area (Å²) in [7, 11) is 0. The summed E-state index contributed by atoms with van der Waals surface area (Å²) in [5, 5.41) is 11.0. The highest BCUT2D eigenvalue weighted by molar-refractivity contribution is 5.90. The van der Waals surface area contributed by atoms with Crippen LogP contribution < -0.4 is 10.1 Å². The molecule has 1 aliphatic rings. The Morgan fingerprint density at radius 2 is 2.07 bits per heavy atom. The highest BCUT2D eigenvalue weighted by Gasteiger charge is 2.29. The third kappa shape index (κ3) is 4.84. The fourth-order valence-corrected chi connectivity index (χ4v) is 3.13. The van der Waals surface area contributed by atoms with Crippen molar-refractivity contribution in [3.63, 3.8) is 0 Å². The Morgan fingerprint density at radius 3 is 2.73 bits per heavy atom. The van der Waals surface area contributed by atoms with E-state index in [1.54, 1.807) is 6.20 Å². The van der Waals surface area contributed by atoms with Crippen LogP contribution in [0.2, 0.25) is 0 Å². The first-order valence-corrected chi connectivity index (χ1v) is 9.91. The van der Waals surface area contributed by atoms with Gasteiger partial charge in [0.1, 0.15) is 18.0 Å². The number of aryl methyl sites for hydroxylation is 1. The maximum Gasteiger partial charge on any atom is 0.280 e. The van der Waals surface area contributed by atoms with Crippen molar-refractivity contribution in [2.24, 2.45) is 0 Å². The number of rotatable bonds is 9. The van der Waals surface area contributed by atoms with E-state index < -0.39 is 12.3 Å². The summed E-state index contributed by atoms with van der Waals surface area (Å²) >= 11 is 0. The van der Waals surface area contributed by atoms with Gasteiger partial charge in [0.05, 0.1) is 23.8 Å². The number of alkyl halides is 2. The second kappa shape index (κ2) is 8.64. The van der Waals surface area contributed by atoms with Gasteiger partial charge in [-0.25, -0.2) is 13.5 Å². The third-order valence-electron chi connectivity index (χ3n) is 4.95. The van der Waals surface area contributed by atoms with Crippen LogP contribution in [0.5, 0.6) is 5.75 Å². The van der Waals surface area contributed by atoms with Crippen LogP contribution >= 0.6 is 0 Å². The molecule has 0 radical (unpaired) electrons. The summed E-state index contributed by atoms with van der Waals surface area (Å²) in [4.78, 5) is 12.3. The van der Waals surface area contributed by atoms with Gasteiger partial charge in [0.25, 0.3) is 6.43 Å². The molecule has 3 aromatic rings. The third-order valence-corrected chi connectivity index (χ3v) is 4.95. The molecule has 1 fully saturated rings. The van der Waals surface area contributed by atoms with Crippen LogP contribution in [-0.2, 0) is 24.5 Å². The summed E-state index contributed by atoms with van der Waals surface area (Å²) in [6.45, 7) is 1.99. The van der Waals surface area contributed by atoms with Gasteiger partial charge in [-0.15, -0.1) is 0 Å². The van der Waals surface area contributed by atoms with Crippen molar-refractivity contribution in [1.29, 1.82) is 0 Å². The molecule has 1 saturated carbocycles. The Morgan fingerprint density at radius 1 is 1.30 bits per heavy atom. The van der Waals surface area contributed by atoms with Gasteiger partial charge in [0, 0.05) is 5.92 Å². The maximum absolute atomic E-state index is 13.3. The lowest BCUT2D eigenvalue weighted by Crippen LogP contribution is -2.21. The van der Waals surface area contributed by atoms with Crippen LogP contribution in [0.1, 0.15) is 49.1 Å². The Labute approximate surface area is 172 Å². The standard InChI is InChI=1S/C21H23F2N5O2/c1-2-14-3-7-17(8-4-14)30-13-27-11-16(10-24-27)25-20(29)12-28-19(21(22)23)9-18(26-28)15-5-6-15/h3-4,7-11,15,21H,2,5-6,12-13H2,1H3,(H,25,29). The average molecular weight is 415 g/mol. The molecule has 0 saturated heterocycles. The zero-order valence-electron chi connectivity index (χ0n) is 16.6. The van der Waals surface area contributed by atoms with Crippen molar-refractivity contribution in [1.82, 2.24) is 19.6 Å². The van der Waals surface area contributed by atoms with Crippen LogP contribution in [0, 0.1) is 0 Å². The maximum atomic E-state index is 13.3. The molecule has 0 aliphatic heterocycles. The molecule has 158 valence electrons. The highest BCUT2D eigenvalue weighted by Crippen LogP contribution is 2.40. The molecule has 1 amide bonds. The first-order chi connectivity index (χ1) is 14.5. The molecule has 0 spiro atoms. The molecule has 4 rings (SSSR count). The Hall–Kier alpha value is -3.23. The number of anilines is 1. The number of hydrogen-bond acceptors (Lipinski definition) is 4. The lowest BCUT2D eigenvalue weighted by molar-refractivity contribution is -0.117. The van der Waals surface area contributed by atoms with Gasteiger partial charge in [-0.3, -0.25) is 9.48 Å². The van der Waals surface area contributed by atoms with Gasteiger partial charge < -0.3 is 10.1 Å². The van der Waals surface area contributed by atoms with Crippen molar-refractivity contribution in [3.05, 3.63) is 59.7 Å². The molecule has 1 aromatic carbocycles. The number of ether oxygens (including phenoxy) is 1. The lowest BCUT2D eigenvalue weighted by Gasteiger charge is -2.07. The number of nitrogens with zero attached hydrogens (tertiary/aromatic N) is 4. The van der Waals surface area contributed by atoms with Gasteiger partial charge in [0.2, 0.25) is 5.91 Å². The number of hydrogen-bond donors (Lipinski definition) is 1. The number of carbonyl (C=O) groups is 1. The van der Waals surface area contributed by atoms with Gasteiger partial charge >= 0.3 is 0 Å². The molecule has 7 nitrogen and oxygen atoms in total. The van der Waals surface area contributed by atoms with Crippen LogP contribution in [0.15, 0.2) is 42.7 Å².